The fraction of sp³-hybridized carbons (Fsp3) is 0.300. The van der Waals surface area contributed by atoms with Crippen LogP contribution in [-0.2, 0) is 11.3 Å². The predicted octanol–water partition coefficient (Wildman–Crippen LogP) is 2.87. The Morgan fingerprint density at radius 1 is 1.20 bits per heavy atom. The summed E-state index contributed by atoms with van der Waals surface area (Å²) in [6.45, 7) is 4.70. The smallest absolute Gasteiger partial charge is 0.271 e. The molecular formula is C20H19N3O2. The zero-order chi connectivity index (χ0) is 17.0. The third-order valence-corrected chi connectivity index (χ3v) is 5.25. The summed E-state index contributed by atoms with van der Waals surface area (Å²) in [6.07, 6.45) is 1.80. The van der Waals surface area contributed by atoms with Crippen LogP contribution in [-0.4, -0.2) is 46.2 Å². The Kier molecular flexibility index (Phi) is 3.18. The Morgan fingerprint density at radius 3 is 2.88 bits per heavy atom. The largest absolute Gasteiger partial charge is 0.377 e. The summed E-state index contributed by atoms with van der Waals surface area (Å²) in [4.78, 5) is 19.9. The van der Waals surface area contributed by atoms with E-state index in [2.05, 4.69) is 46.8 Å². The first-order valence-electron chi connectivity index (χ1n) is 8.67. The average molecular weight is 333 g/mol. The van der Waals surface area contributed by atoms with Crippen LogP contribution in [0.5, 0.6) is 0 Å². The highest BCUT2D eigenvalue weighted by molar-refractivity contribution is 6.09. The first-order valence-corrected chi connectivity index (χ1v) is 8.67. The van der Waals surface area contributed by atoms with E-state index in [4.69, 9.17) is 4.74 Å². The summed E-state index contributed by atoms with van der Waals surface area (Å²) in [5.74, 6) is 0.0909. The van der Waals surface area contributed by atoms with Gasteiger partial charge in [-0.2, -0.15) is 0 Å². The zero-order valence-corrected chi connectivity index (χ0v) is 14.1. The SMILES string of the molecule is Cc1ccc(-c2c3n(c4cccnc24)CC2COCCN2C3=O)cc1. The van der Waals surface area contributed by atoms with Gasteiger partial charge in [0.25, 0.3) is 5.91 Å². The minimum atomic E-state index is 0.0909. The van der Waals surface area contributed by atoms with Crippen LogP contribution >= 0.6 is 0 Å². The van der Waals surface area contributed by atoms with Crippen LogP contribution in [0, 0.1) is 6.92 Å². The number of morpholine rings is 1. The fourth-order valence-electron chi connectivity index (χ4n) is 4.00. The Bertz CT molecular complexity index is 975. The topological polar surface area (TPSA) is 47.4 Å². The van der Waals surface area contributed by atoms with Gasteiger partial charge in [0, 0.05) is 24.8 Å². The van der Waals surface area contributed by atoms with E-state index in [1.54, 1.807) is 6.20 Å². The van der Waals surface area contributed by atoms with Crippen molar-refractivity contribution in [3.05, 3.63) is 53.9 Å². The summed E-state index contributed by atoms with van der Waals surface area (Å²) in [6, 6.07) is 12.4. The van der Waals surface area contributed by atoms with Crippen molar-refractivity contribution in [2.75, 3.05) is 19.8 Å². The Labute approximate surface area is 145 Å². The molecule has 1 fully saturated rings. The Hall–Kier alpha value is -2.66. The number of ether oxygens (including phenoxy) is 1. The maximum absolute atomic E-state index is 13.3. The van der Waals surface area contributed by atoms with E-state index in [1.165, 1.54) is 5.56 Å². The molecule has 2 aliphatic heterocycles. The molecule has 1 atom stereocenters. The summed E-state index contributed by atoms with van der Waals surface area (Å²) >= 11 is 0. The Morgan fingerprint density at radius 2 is 2.04 bits per heavy atom. The third kappa shape index (κ3) is 2.12. The van der Waals surface area contributed by atoms with Gasteiger partial charge in [-0.05, 0) is 24.6 Å². The first kappa shape index (κ1) is 14.7. The number of benzene rings is 1. The molecule has 0 spiro atoms. The van der Waals surface area contributed by atoms with Crippen LogP contribution in [0.4, 0.5) is 0 Å². The lowest BCUT2D eigenvalue weighted by Gasteiger charge is -2.40. The van der Waals surface area contributed by atoms with E-state index in [9.17, 15) is 4.79 Å². The molecule has 5 nitrogen and oxygen atoms in total. The lowest BCUT2D eigenvalue weighted by Crippen LogP contribution is -2.54. The molecule has 2 aliphatic rings. The van der Waals surface area contributed by atoms with Crippen LogP contribution in [0.3, 0.4) is 0 Å². The summed E-state index contributed by atoms with van der Waals surface area (Å²) < 4.78 is 7.73. The molecule has 0 saturated carbocycles. The van der Waals surface area contributed by atoms with Crippen LogP contribution in [0.25, 0.3) is 22.2 Å². The number of fused-ring (bicyclic) bond motifs is 4. The molecule has 0 N–H and O–H groups in total. The maximum atomic E-state index is 13.3. The van der Waals surface area contributed by atoms with Gasteiger partial charge in [0.05, 0.1) is 30.3 Å². The Balaban J connectivity index is 1.80. The van der Waals surface area contributed by atoms with Gasteiger partial charge in [0.1, 0.15) is 5.69 Å². The second-order valence-corrected chi connectivity index (χ2v) is 6.80. The van der Waals surface area contributed by atoms with E-state index in [1.807, 2.05) is 11.0 Å². The van der Waals surface area contributed by atoms with E-state index in [0.717, 1.165) is 34.4 Å². The van der Waals surface area contributed by atoms with Crippen molar-refractivity contribution >= 4 is 16.9 Å². The van der Waals surface area contributed by atoms with Crippen LogP contribution < -0.4 is 0 Å². The lowest BCUT2D eigenvalue weighted by molar-refractivity contribution is -0.0128. The molecule has 25 heavy (non-hydrogen) atoms. The first-order chi connectivity index (χ1) is 12.2. The molecule has 0 bridgehead atoms. The quantitative estimate of drug-likeness (QED) is 0.688. The molecule has 0 radical (unpaired) electrons. The number of carbonyl (C=O) groups excluding carboxylic acids is 1. The van der Waals surface area contributed by atoms with Gasteiger partial charge in [-0.15, -0.1) is 0 Å². The van der Waals surface area contributed by atoms with E-state index >= 15 is 0 Å². The van der Waals surface area contributed by atoms with Crippen molar-refractivity contribution in [1.29, 1.82) is 0 Å². The van der Waals surface area contributed by atoms with Crippen molar-refractivity contribution in [1.82, 2.24) is 14.5 Å². The monoisotopic (exact) mass is 333 g/mol. The number of carbonyl (C=O) groups is 1. The number of hydrogen-bond donors (Lipinski definition) is 0. The lowest BCUT2D eigenvalue weighted by atomic mass is 10.0. The summed E-state index contributed by atoms with van der Waals surface area (Å²) in [7, 11) is 0. The molecule has 3 aromatic rings. The molecule has 5 rings (SSSR count). The molecule has 126 valence electrons. The molecule has 1 aromatic carbocycles. The fourth-order valence-corrected chi connectivity index (χ4v) is 4.00. The third-order valence-electron chi connectivity index (χ3n) is 5.25. The second kappa shape index (κ2) is 5.43. The van der Waals surface area contributed by atoms with Gasteiger partial charge in [0.2, 0.25) is 0 Å². The van der Waals surface area contributed by atoms with Crippen LogP contribution in [0.2, 0.25) is 0 Å². The normalized spacial score (nSPS) is 19.8. The zero-order valence-electron chi connectivity index (χ0n) is 14.1. The number of aromatic nitrogens is 2. The van der Waals surface area contributed by atoms with Gasteiger partial charge in [-0.25, -0.2) is 0 Å². The van der Waals surface area contributed by atoms with Gasteiger partial charge in [-0.1, -0.05) is 29.8 Å². The number of nitrogens with zero attached hydrogens (tertiary/aromatic N) is 3. The minimum absolute atomic E-state index is 0.0909. The summed E-state index contributed by atoms with van der Waals surface area (Å²) in [5, 5.41) is 0. The molecule has 2 aromatic heterocycles. The number of amides is 1. The van der Waals surface area contributed by atoms with Gasteiger partial charge in [0.15, 0.2) is 0 Å². The highest BCUT2D eigenvalue weighted by atomic mass is 16.5. The molecule has 0 aliphatic carbocycles. The van der Waals surface area contributed by atoms with Crippen LogP contribution in [0.1, 0.15) is 16.1 Å². The number of aryl methyl sites for hydroxylation is 1. The van der Waals surface area contributed by atoms with Crippen molar-refractivity contribution < 1.29 is 9.53 Å². The average Bonchev–Trinajstić information content (AvgIpc) is 2.98. The summed E-state index contributed by atoms with van der Waals surface area (Å²) in [5.41, 5.74) is 5.88. The van der Waals surface area contributed by atoms with E-state index in [-0.39, 0.29) is 11.9 Å². The highest BCUT2D eigenvalue weighted by Crippen LogP contribution is 2.37. The predicted molar refractivity (Wildman–Crippen MR) is 95.5 cm³/mol. The number of rotatable bonds is 1. The number of hydrogen-bond acceptors (Lipinski definition) is 3. The second-order valence-electron chi connectivity index (χ2n) is 6.80. The number of pyridine rings is 1. The standard InChI is InChI=1S/C20H19N3O2/c1-13-4-6-14(7-5-13)17-18-16(3-2-8-21-18)23-11-15-12-25-10-9-22(15)20(24)19(17)23/h2-8,15H,9-12H2,1H3. The molecule has 5 heteroatoms. The minimum Gasteiger partial charge on any atom is -0.377 e. The van der Waals surface area contributed by atoms with E-state index in [0.29, 0.717) is 19.8 Å². The van der Waals surface area contributed by atoms with Crippen molar-refractivity contribution in [2.45, 2.75) is 19.5 Å². The van der Waals surface area contributed by atoms with Crippen molar-refractivity contribution in [3.63, 3.8) is 0 Å². The van der Waals surface area contributed by atoms with Crippen molar-refractivity contribution in [2.24, 2.45) is 0 Å². The van der Waals surface area contributed by atoms with Gasteiger partial charge < -0.3 is 14.2 Å². The molecule has 4 heterocycles. The van der Waals surface area contributed by atoms with Gasteiger partial charge >= 0.3 is 0 Å². The molecule has 1 saturated heterocycles. The molecule has 1 amide bonds. The van der Waals surface area contributed by atoms with E-state index < -0.39 is 0 Å². The van der Waals surface area contributed by atoms with Crippen molar-refractivity contribution in [3.8, 4) is 11.1 Å². The molecule has 1 unspecified atom stereocenters. The van der Waals surface area contributed by atoms with Gasteiger partial charge in [-0.3, -0.25) is 9.78 Å². The maximum Gasteiger partial charge on any atom is 0.271 e. The highest BCUT2D eigenvalue weighted by Gasteiger charge is 2.38. The molecular weight excluding hydrogens is 314 g/mol. The van der Waals surface area contributed by atoms with Crippen LogP contribution in [0.15, 0.2) is 42.6 Å².